The molecule has 0 N–H and O–H groups in total. The molecular weight excluding hydrogens is 328 g/mol. The van der Waals surface area contributed by atoms with Gasteiger partial charge in [0.25, 0.3) is 0 Å². The van der Waals surface area contributed by atoms with E-state index in [0.29, 0.717) is 6.79 Å². The number of ether oxygens (including phenoxy) is 2. The minimum atomic E-state index is 0.242. The van der Waals surface area contributed by atoms with Crippen molar-refractivity contribution in [1.82, 2.24) is 9.97 Å². The number of nitrogens with zero attached hydrogens (tertiary/aromatic N) is 2. The van der Waals surface area contributed by atoms with Crippen molar-refractivity contribution in [3.05, 3.63) is 42.7 Å². The molecule has 0 saturated carbocycles. The molecule has 1 aromatic carbocycles. The van der Waals surface area contributed by atoms with Gasteiger partial charge in [0, 0.05) is 16.0 Å². The summed E-state index contributed by atoms with van der Waals surface area (Å²) in [6.07, 6.45) is 2.84. The van der Waals surface area contributed by atoms with Crippen LogP contribution in [0.25, 0.3) is 20.7 Å². The molecular formula is C17H16N2O2S2. The Hall–Kier alpha value is -1.47. The van der Waals surface area contributed by atoms with Gasteiger partial charge in [0.2, 0.25) is 0 Å². The number of fused-ring (bicyclic) bond motifs is 1. The molecule has 2 aromatic heterocycles. The van der Waals surface area contributed by atoms with E-state index in [4.69, 9.17) is 9.47 Å². The maximum atomic E-state index is 5.60. The van der Waals surface area contributed by atoms with E-state index in [0.717, 1.165) is 34.0 Å². The summed E-state index contributed by atoms with van der Waals surface area (Å²) in [5, 5.41) is 2.16. The largest absolute Gasteiger partial charge is 0.355 e. The first-order valence-corrected chi connectivity index (χ1v) is 9.32. The summed E-state index contributed by atoms with van der Waals surface area (Å²) in [6.45, 7) is 1.18. The quantitative estimate of drug-likeness (QED) is 0.524. The van der Waals surface area contributed by atoms with Crippen LogP contribution in [0.15, 0.2) is 47.8 Å². The predicted octanol–water partition coefficient (Wildman–Crippen LogP) is 4.21. The van der Waals surface area contributed by atoms with Gasteiger partial charge < -0.3 is 9.47 Å². The zero-order valence-electron chi connectivity index (χ0n) is 12.5. The van der Waals surface area contributed by atoms with Crippen molar-refractivity contribution in [2.75, 3.05) is 19.2 Å². The molecule has 1 atom stereocenters. The second-order valence-corrected chi connectivity index (χ2v) is 7.33. The van der Waals surface area contributed by atoms with Crippen LogP contribution in [0.2, 0.25) is 0 Å². The first kappa shape index (κ1) is 15.1. The fourth-order valence-corrected chi connectivity index (χ4v) is 4.61. The molecule has 0 radical (unpaired) electrons. The minimum Gasteiger partial charge on any atom is -0.355 e. The van der Waals surface area contributed by atoms with E-state index in [1.54, 1.807) is 29.4 Å². The molecule has 1 fully saturated rings. The highest BCUT2D eigenvalue weighted by Crippen LogP contribution is 2.36. The molecule has 0 unspecified atom stereocenters. The summed E-state index contributed by atoms with van der Waals surface area (Å²) in [5.74, 6) is 0.895. The van der Waals surface area contributed by atoms with Gasteiger partial charge in [-0.3, -0.25) is 0 Å². The average Bonchev–Trinajstić information content (AvgIpc) is 3.06. The number of thioether (sulfide) groups is 1. The topological polar surface area (TPSA) is 44.2 Å². The molecule has 1 saturated heterocycles. The van der Waals surface area contributed by atoms with Crippen LogP contribution in [0.5, 0.6) is 0 Å². The highest BCUT2D eigenvalue weighted by molar-refractivity contribution is 7.99. The molecule has 0 bridgehead atoms. The summed E-state index contributed by atoms with van der Waals surface area (Å²) >= 11 is 3.45. The lowest BCUT2D eigenvalue weighted by atomic mass is 10.2. The third-order valence-electron chi connectivity index (χ3n) is 3.73. The molecule has 4 nitrogen and oxygen atoms in total. The Morgan fingerprint density at radius 1 is 1.22 bits per heavy atom. The van der Waals surface area contributed by atoms with Crippen molar-refractivity contribution in [2.45, 2.75) is 17.6 Å². The SMILES string of the molecule is c1ccc(-c2cc3c(SC[C@H]4CCOCO4)ncnc3s2)cc1. The Bertz CT molecular complexity index is 786. The van der Waals surface area contributed by atoms with Crippen LogP contribution in [0, 0.1) is 0 Å². The predicted molar refractivity (Wildman–Crippen MR) is 93.9 cm³/mol. The Kier molecular flexibility index (Phi) is 4.57. The molecule has 118 valence electrons. The lowest BCUT2D eigenvalue weighted by Crippen LogP contribution is -2.25. The van der Waals surface area contributed by atoms with Crippen molar-refractivity contribution < 1.29 is 9.47 Å². The molecule has 4 rings (SSSR count). The van der Waals surface area contributed by atoms with E-state index in [1.165, 1.54) is 10.4 Å². The van der Waals surface area contributed by atoms with Crippen LogP contribution < -0.4 is 0 Å². The van der Waals surface area contributed by atoms with Gasteiger partial charge in [-0.1, -0.05) is 30.3 Å². The van der Waals surface area contributed by atoms with Crippen molar-refractivity contribution in [2.24, 2.45) is 0 Å². The van der Waals surface area contributed by atoms with Gasteiger partial charge in [0.15, 0.2) is 0 Å². The molecule has 3 aromatic rings. The monoisotopic (exact) mass is 344 g/mol. The lowest BCUT2D eigenvalue weighted by Gasteiger charge is -2.22. The van der Waals surface area contributed by atoms with Gasteiger partial charge in [0.1, 0.15) is 23.0 Å². The number of thiophene rings is 1. The number of hydrogen-bond acceptors (Lipinski definition) is 6. The Morgan fingerprint density at radius 3 is 2.96 bits per heavy atom. The summed E-state index contributed by atoms with van der Waals surface area (Å²) in [4.78, 5) is 11.2. The number of hydrogen-bond donors (Lipinski definition) is 0. The van der Waals surface area contributed by atoms with E-state index in [9.17, 15) is 0 Å². The lowest BCUT2D eigenvalue weighted by molar-refractivity contribution is -0.130. The summed E-state index contributed by atoms with van der Waals surface area (Å²) in [6, 6.07) is 12.6. The van der Waals surface area contributed by atoms with Crippen LogP contribution >= 0.6 is 23.1 Å². The maximum absolute atomic E-state index is 5.60. The van der Waals surface area contributed by atoms with Gasteiger partial charge >= 0.3 is 0 Å². The normalized spacial score (nSPS) is 18.3. The van der Waals surface area contributed by atoms with Crippen LogP contribution in [0.4, 0.5) is 0 Å². The number of benzene rings is 1. The van der Waals surface area contributed by atoms with Gasteiger partial charge in [-0.2, -0.15) is 0 Å². The second-order valence-electron chi connectivity index (χ2n) is 5.29. The maximum Gasteiger partial charge on any atom is 0.147 e. The molecule has 0 aliphatic carbocycles. The molecule has 1 aliphatic rings. The van der Waals surface area contributed by atoms with Crippen molar-refractivity contribution in [3.8, 4) is 10.4 Å². The Morgan fingerprint density at radius 2 is 2.13 bits per heavy atom. The number of aromatic nitrogens is 2. The molecule has 0 spiro atoms. The van der Waals surface area contributed by atoms with Gasteiger partial charge in [-0.15, -0.1) is 23.1 Å². The highest BCUT2D eigenvalue weighted by atomic mass is 32.2. The summed E-state index contributed by atoms with van der Waals surface area (Å²) in [5.41, 5.74) is 1.22. The van der Waals surface area contributed by atoms with E-state index < -0.39 is 0 Å². The standard InChI is InChI=1S/C17H16N2O2S2/c1-2-4-12(5-3-1)15-8-14-16(18-10-19-17(14)23-15)22-9-13-6-7-20-11-21-13/h1-5,8,10,13H,6-7,9,11H2/t13-/m1/s1. The third-order valence-corrected chi connectivity index (χ3v) is 5.96. The number of rotatable bonds is 4. The van der Waals surface area contributed by atoms with E-state index in [-0.39, 0.29) is 6.10 Å². The smallest absolute Gasteiger partial charge is 0.147 e. The minimum absolute atomic E-state index is 0.242. The summed E-state index contributed by atoms with van der Waals surface area (Å²) in [7, 11) is 0. The highest BCUT2D eigenvalue weighted by Gasteiger charge is 2.16. The first-order chi connectivity index (χ1) is 11.4. The van der Waals surface area contributed by atoms with Crippen LogP contribution in [-0.4, -0.2) is 35.2 Å². The third kappa shape index (κ3) is 3.40. The zero-order chi connectivity index (χ0) is 15.5. The van der Waals surface area contributed by atoms with Crippen molar-refractivity contribution >= 4 is 33.3 Å². The molecule has 1 aliphatic heterocycles. The molecule has 3 heterocycles. The Balaban J connectivity index is 1.58. The van der Waals surface area contributed by atoms with Crippen LogP contribution in [-0.2, 0) is 9.47 Å². The fraction of sp³-hybridized carbons (Fsp3) is 0.294. The van der Waals surface area contributed by atoms with Crippen molar-refractivity contribution in [1.29, 1.82) is 0 Å². The van der Waals surface area contributed by atoms with Crippen molar-refractivity contribution in [3.63, 3.8) is 0 Å². The van der Waals surface area contributed by atoms with E-state index in [2.05, 4.69) is 40.3 Å². The van der Waals surface area contributed by atoms with Crippen LogP contribution in [0.3, 0.4) is 0 Å². The molecule has 6 heteroatoms. The molecule has 23 heavy (non-hydrogen) atoms. The zero-order valence-corrected chi connectivity index (χ0v) is 14.1. The van der Waals surface area contributed by atoms with Gasteiger partial charge in [-0.25, -0.2) is 9.97 Å². The second kappa shape index (κ2) is 6.97. The first-order valence-electron chi connectivity index (χ1n) is 7.52. The van der Waals surface area contributed by atoms with E-state index in [1.807, 2.05) is 6.07 Å². The van der Waals surface area contributed by atoms with Gasteiger partial charge in [0.05, 0.1) is 12.7 Å². The average molecular weight is 344 g/mol. The van der Waals surface area contributed by atoms with Crippen LogP contribution in [0.1, 0.15) is 6.42 Å². The Labute approximate surface area is 142 Å². The van der Waals surface area contributed by atoms with E-state index >= 15 is 0 Å². The summed E-state index contributed by atoms with van der Waals surface area (Å²) < 4.78 is 10.8. The molecule has 0 amide bonds. The fourth-order valence-electron chi connectivity index (χ4n) is 2.50. The van der Waals surface area contributed by atoms with Gasteiger partial charge in [-0.05, 0) is 18.1 Å².